The Labute approximate surface area is 297 Å². The minimum absolute atomic E-state index is 0.0895. The number of phenolic OH excluding ortho intramolecular Hbond substituents is 1. The van der Waals surface area contributed by atoms with E-state index in [1.54, 1.807) is 12.1 Å². The molecule has 0 aromatic heterocycles. The second-order valence-electron chi connectivity index (χ2n) is 12.6. The summed E-state index contributed by atoms with van der Waals surface area (Å²) in [5.74, 6) is -6.96. The summed E-state index contributed by atoms with van der Waals surface area (Å²) in [4.78, 5) is 59.0. The van der Waals surface area contributed by atoms with Crippen molar-refractivity contribution in [2.75, 3.05) is 16.9 Å². The number of anilines is 2. The average molecular weight is 794 g/mol. The number of ether oxygens (including phenoxy) is 1. The minimum atomic E-state index is -1.83. The number of rotatable bonds is 6. The molecular weight excluding hydrogens is 766 g/mol. The van der Waals surface area contributed by atoms with E-state index in [4.69, 9.17) is 4.74 Å². The van der Waals surface area contributed by atoms with E-state index in [2.05, 4.69) is 31.9 Å². The van der Waals surface area contributed by atoms with Crippen LogP contribution in [0.1, 0.15) is 24.3 Å². The second-order valence-corrected chi connectivity index (χ2v) is 14.2. The van der Waals surface area contributed by atoms with E-state index < -0.39 is 73.4 Å². The first-order valence-electron chi connectivity index (χ1n) is 15.5. The number of benzene rings is 3. The third kappa shape index (κ3) is 5.19. The molecule has 2 saturated heterocycles. The molecule has 7 rings (SSSR count). The average Bonchev–Trinajstić information content (AvgIpc) is 3.50. The molecule has 12 nitrogen and oxygen atoms in total. The number of imide groups is 2. The molecule has 3 aromatic rings. The van der Waals surface area contributed by atoms with Gasteiger partial charge in [0.05, 0.1) is 46.6 Å². The fourth-order valence-corrected chi connectivity index (χ4v) is 9.06. The Morgan fingerprint density at radius 3 is 1.84 bits per heavy atom. The van der Waals surface area contributed by atoms with Crippen LogP contribution in [0.2, 0.25) is 0 Å². The zero-order chi connectivity index (χ0) is 35.0. The molecule has 3 fully saturated rings. The number of hydrogen-bond donors (Lipinski definition) is 5. The minimum Gasteiger partial charge on any atom is -0.503 e. The van der Waals surface area contributed by atoms with Crippen LogP contribution in [0.4, 0.5) is 11.4 Å². The standard InChI is InChI=1S/C33H28B2Br2N2O10/c1-49-23-13-21(27(36)28(37)29(23)40)24-18-8-9-19-25(32(43)38(30(19)41)16-6-2-4-14(10-16)34(45)46)20(18)12-22-26(24)33(44)39(31(22)42)17-7-3-5-15(11-17)35(47)48/h2-8,10-11,13,19-20,22,24-26,40,45-48H,9,12H2,1H3/t19-,20+,22+,24+,25-,26+/m0/s1. The third-order valence-electron chi connectivity index (χ3n) is 10.2. The number of amides is 4. The van der Waals surface area contributed by atoms with E-state index in [1.165, 1.54) is 49.6 Å². The van der Waals surface area contributed by atoms with Crippen molar-refractivity contribution in [3.63, 3.8) is 0 Å². The number of hydrogen-bond acceptors (Lipinski definition) is 10. The largest absolute Gasteiger partial charge is 0.503 e. The molecule has 4 amide bonds. The SMILES string of the molecule is COc1cc([C@H]2C3=CC[C@@H]4C(=O)N(c5cccc(B(O)O)c5)C(=O)[C@@H]4[C@@H]3C[C@H]3C(=O)N(c4cccc(B(O)O)c4)C(=O)[C@@H]23)c(Br)c(Br)c1O. The highest BCUT2D eigenvalue weighted by molar-refractivity contribution is 9.13. The molecule has 2 aliphatic carbocycles. The molecule has 0 spiro atoms. The van der Waals surface area contributed by atoms with E-state index in [-0.39, 0.29) is 51.1 Å². The first kappa shape index (κ1) is 33.7. The fourth-order valence-electron chi connectivity index (χ4n) is 8.09. The molecule has 6 atom stereocenters. The molecule has 0 unspecified atom stereocenters. The summed E-state index contributed by atoms with van der Waals surface area (Å²) in [7, 11) is -2.26. The summed E-state index contributed by atoms with van der Waals surface area (Å²) < 4.78 is 6.13. The predicted octanol–water partition coefficient (Wildman–Crippen LogP) is 1.33. The Bertz CT molecular complexity index is 1970. The molecule has 16 heteroatoms. The van der Waals surface area contributed by atoms with Crippen molar-refractivity contribution >= 4 is 92.0 Å². The monoisotopic (exact) mass is 792 g/mol. The van der Waals surface area contributed by atoms with E-state index >= 15 is 0 Å². The zero-order valence-electron chi connectivity index (χ0n) is 25.7. The molecule has 49 heavy (non-hydrogen) atoms. The number of methoxy groups -OCH3 is 1. The molecule has 2 heterocycles. The van der Waals surface area contributed by atoms with Crippen LogP contribution in [-0.4, -0.2) is 70.2 Å². The summed E-state index contributed by atoms with van der Waals surface area (Å²) in [6.07, 6.45) is 2.15. The fraction of sp³-hybridized carbons (Fsp3) is 0.273. The van der Waals surface area contributed by atoms with Crippen LogP contribution in [0.15, 0.2) is 75.2 Å². The number of allylic oxidation sites excluding steroid dienone is 2. The lowest BCUT2D eigenvalue weighted by molar-refractivity contribution is -0.126. The van der Waals surface area contributed by atoms with Crippen molar-refractivity contribution in [3.05, 3.63) is 80.8 Å². The van der Waals surface area contributed by atoms with Gasteiger partial charge < -0.3 is 29.9 Å². The Morgan fingerprint density at radius 2 is 1.29 bits per heavy atom. The topological polar surface area (TPSA) is 185 Å². The van der Waals surface area contributed by atoms with Gasteiger partial charge in [-0.25, -0.2) is 0 Å². The maximum atomic E-state index is 14.5. The molecule has 1 saturated carbocycles. The van der Waals surface area contributed by atoms with Crippen LogP contribution in [-0.2, 0) is 19.2 Å². The van der Waals surface area contributed by atoms with Gasteiger partial charge in [-0.3, -0.25) is 29.0 Å². The maximum absolute atomic E-state index is 14.5. The number of aromatic hydroxyl groups is 1. The van der Waals surface area contributed by atoms with Crippen molar-refractivity contribution in [1.82, 2.24) is 0 Å². The lowest BCUT2D eigenvalue weighted by Crippen LogP contribution is -2.43. The van der Waals surface area contributed by atoms with Crippen molar-refractivity contribution < 1.29 is 49.1 Å². The van der Waals surface area contributed by atoms with Crippen molar-refractivity contribution in [3.8, 4) is 11.5 Å². The van der Waals surface area contributed by atoms with Gasteiger partial charge >= 0.3 is 14.2 Å². The Kier molecular flexibility index (Phi) is 8.61. The number of phenols is 1. The van der Waals surface area contributed by atoms with Crippen LogP contribution in [0.5, 0.6) is 11.5 Å². The highest BCUT2D eigenvalue weighted by atomic mass is 79.9. The summed E-state index contributed by atoms with van der Waals surface area (Å²) in [5, 5.41) is 49.8. The number of nitrogens with zero attached hydrogens (tertiary/aromatic N) is 2. The summed E-state index contributed by atoms with van der Waals surface area (Å²) in [5.41, 5.74) is 1.78. The summed E-state index contributed by atoms with van der Waals surface area (Å²) >= 11 is 6.99. The van der Waals surface area contributed by atoms with Crippen LogP contribution >= 0.6 is 31.9 Å². The molecule has 5 N–H and O–H groups in total. The van der Waals surface area contributed by atoms with E-state index in [9.17, 15) is 44.4 Å². The zero-order valence-corrected chi connectivity index (χ0v) is 28.9. The highest BCUT2D eigenvalue weighted by Gasteiger charge is 2.62. The van der Waals surface area contributed by atoms with Crippen molar-refractivity contribution in [2.24, 2.45) is 29.6 Å². The van der Waals surface area contributed by atoms with Gasteiger partial charge in [-0.1, -0.05) is 35.9 Å². The number of carbonyl (C=O) groups is 4. The number of fused-ring (bicyclic) bond motifs is 4. The maximum Gasteiger partial charge on any atom is 0.488 e. The van der Waals surface area contributed by atoms with E-state index in [0.29, 0.717) is 15.6 Å². The van der Waals surface area contributed by atoms with Crippen molar-refractivity contribution in [2.45, 2.75) is 18.8 Å². The molecule has 4 aliphatic rings. The third-order valence-corrected chi connectivity index (χ3v) is 12.4. The number of carbonyl (C=O) groups excluding carboxylic acids is 4. The Morgan fingerprint density at radius 1 is 0.735 bits per heavy atom. The molecule has 0 radical (unpaired) electrons. The van der Waals surface area contributed by atoms with Gasteiger partial charge in [-0.05, 0) is 97.4 Å². The Hall–Kier alpha value is -3.79. The van der Waals surface area contributed by atoms with Crippen LogP contribution in [0.3, 0.4) is 0 Å². The van der Waals surface area contributed by atoms with Gasteiger partial charge in [0.25, 0.3) is 0 Å². The van der Waals surface area contributed by atoms with Crippen molar-refractivity contribution in [1.29, 1.82) is 0 Å². The lowest BCUT2D eigenvalue weighted by Gasteiger charge is -2.44. The predicted molar refractivity (Wildman–Crippen MR) is 185 cm³/mol. The summed E-state index contributed by atoms with van der Waals surface area (Å²) in [6, 6.07) is 13.3. The first-order chi connectivity index (χ1) is 23.3. The van der Waals surface area contributed by atoms with Gasteiger partial charge in [0.15, 0.2) is 11.5 Å². The summed E-state index contributed by atoms with van der Waals surface area (Å²) in [6.45, 7) is 0. The number of halogens is 2. The van der Waals surface area contributed by atoms with Gasteiger partial charge in [0.1, 0.15) is 0 Å². The van der Waals surface area contributed by atoms with Gasteiger partial charge in [-0.15, -0.1) is 0 Å². The highest BCUT2D eigenvalue weighted by Crippen LogP contribution is 2.60. The molecule has 2 aliphatic heterocycles. The Balaban J connectivity index is 1.37. The van der Waals surface area contributed by atoms with E-state index in [1.807, 2.05) is 6.08 Å². The van der Waals surface area contributed by atoms with Gasteiger partial charge in [-0.2, -0.15) is 0 Å². The molecule has 250 valence electrons. The second kappa shape index (κ2) is 12.5. The molecule has 0 bridgehead atoms. The lowest BCUT2D eigenvalue weighted by atomic mass is 9.57. The van der Waals surface area contributed by atoms with Gasteiger partial charge in [0, 0.05) is 10.4 Å². The quantitative estimate of drug-likeness (QED) is 0.139. The van der Waals surface area contributed by atoms with Gasteiger partial charge in [0.2, 0.25) is 23.6 Å². The smallest absolute Gasteiger partial charge is 0.488 e. The first-order valence-corrected chi connectivity index (χ1v) is 17.1. The molecular formula is C33H28B2Br2N2O10. The van der Waals surface area contributed by atoms with Crippen LogP contribution in [0.25, 0.3) is 0 Å². The van der Waals surface area contributed by atoms with E-state index in [0.717, 1.165) is 9.80 Å². The molecule has 3 aromatic carbocycles. The van der Waals surface area contributed by atoms with Crippen LogP contribution < -0.4 is 25.5 Å². The van der Waals surface area contributed by atoms with Crippen LogP contribution in [0, 0.1) is 29.6 Å². The normalized spacial score (nSPS) is 26.0.